The average Bonchev–Trinajstić information content (AvgIpc) is 2.88. The van der Waals surface area contributed by atoms with E-state index in [1.807, 2.05) is 19.9 Å². The molecule has 3 rings (SSSR count). The highest BCUT2D eigenvalue weighted by atomic mass is 16.5. The Morgan fingerprint density at radius 2 is 2.20 bits per heavy atom. The van der Waals surface area contributed by atoms with Crippen LogP contribution in [0.15, 0.2) is 16.8 Å². The molecule has 0 saturated carbocycles. The number of nitrogens with zero attached hydrogens (tertiary/aromatic N) is 3. The fourth-order valence-electron chi connectivity index (χ4n) is 2.27. The average molecular weight is 273 g/mol. The van der Waals surface area contributed by atoms with Gasteiger partial charge in [0.05, 0.1) is 13.2 Å². The highest BCUT2D eigenvalue weighted by molar-refractivity contribution is 5.85. The third kappa shape index (κ3) is 2.34. The second kappa shape index (κ2) is 5.13. The molecular weight excluding hydrogens is 258 g/mol. The van der Waals surface area contributed by atoms with Gasteiger partial charge < -0.3 is 9.26 Å². The summed E-state index contributed by atoms with van der Waals surface area (Å²) in [6.07, 6.45) is 2.15. The molecule has 0 bridgehead atoms. The molecule has 0 N–H and O–H groups in total. The van der Waals surface area contributed by atoms with E-state index in [1.165, 1.54) is 0 Å². The fourth-order valence-corrected chi connectivity index (χ4v) is 2.27. The van der Waals surface area contributed by atoms with Gasteiger partial charge in [-0.3, -0.25) is 9.78 Å². The van der Waals surface area contributed by atoms with Crippen molar-refractivity contribution in [3.05, 3.63) is 29.3 Å². The molecule has 2 aromatic rings. The molecule has 0 radical (unpaired) electrons. The Bertz CT molecular complexity index is 651. The topological polar surface area (TPSA) is 78.1 Å². The lowest BCUT2D eigenvalue weighted by molar-refractivity contribution is -0.127. The minimum atomic E-state index is -0.448. The predicted molar refractivity (Wildman–Crippen MR) is 70.2 cm³/mol. The minimum absolute atomic E-state index is 0.0834. The first kappa shape index (κ1) is 12.9. The van der Waals surface area contributed by atoms with Crippen LogP contribution in [0, 0.1) is 13.8 Å². The fraction of sp³-hybridized carbons (Fsp3) is 0.429. The molecule has 0 aliphatic carbocycles. The van der Waals surface area contributed by atoms with Crippen molar-refractivity contribution >= 4 is 5.78 Å². The monoisotopic (exact) mass is 273 g/mol. The van der Waals surface area contributed by atoms with E-state index in [9.17, 15) is 4.79 Å². The number of Topliss-reactive ketones (excluding diaryl/α,β-unsaturated/α-hetero) is 1. The summed E-state index contributed by atoms with van der Waals surface area (Å²) in [4.78, 5) is 20.5. The first-order valence-electron chi connectivity index (χ1n) is 6.53. The molecule has 6 nitrogen and oxygen atoms in total. The number of aryl methyl sites for hydroxylation is 2. The van der Waals surface area contributed by atoms with E-state index >= 15 is 0 Å². The summed E-state index contributed by atoms with van der Waals surface area (Å²) in [5, 5.41) is 3.93. The van der Waals surface area contributed by atoms with Crippen molar-refractivity contribution in [2.24, 2.45) is 0 Å². The molecule has 20 heavy (non-hydrogen) atoms. The molecule has 1 aliphatic rings. The van der Waals surface area contributed by atoms with Gasteiger partial charge in [0.15, 0.2) is 0 Å². The van der Waals surface area contributed by atoms with Crippen molar-refractivity contribution in [1.29, 1.82) is 0 Å². The van der Waals surface area contributed by atoms with E-state index < -0.39 is 5.92 Å². The van der Waals surface area contributed by atoms with Crippen molar-refractivity contribution < 1.29 is 14.1 Å². The zero-order valence-corrected chi connectivity index (χ0v) is 11.4. The zero-order valence-electron chi connectivity index (χ0n) is 11.4. The van der Waals surface area contributed by atoms with Gasteiger partial charge in [0.2, 0.25) is 11.7 Å². The van der Waals surface area contributed by atoms with Gasteiger partial charge in [-0.2, -0.15) is 4.98 Å². The van der Waals surface area contributed by atoms with Crippen LogP contribution in [0.3, 0.4) is 0 Å². The predicted octanol–water partition coefficient (Wildman–Crippen LogP) is 1.82. The van der Waals surface area contributed by atoms with Gasteiger partial charge in [0.1, 0.15) is 17.4 Å². The van der Waals surface area contributed by atoms with E-state index in [2.05, 4.69) is 15.1 Å². The smallest absolute Gasteiger partial charge is 0.239 e. The van der Waals surface area contributed by atoms with Crippen molar-refractivity contribution in [2.45, 2.75) is 26.2 Å². The number of pyridine rings is 1. The number of carbonyl (C=O) groups excluding carboxylic acids is 1. The number of hydrogen-bond acceptors (Lipinski definition) is 6. The maximum Gasteiger partial charge on any atom is 0.239 e. The molecule has 1 saturated heterocycles. The van der Waals surface area contributed by atoms with Gasteiger partial charge in [0, 0.05) is 12.6 Å². The normalized spacial score (nSPS) is 19.3. The Labute approximate surface area is 116 Å². The SMILES string of the molecule is Cc1cnc(-c2noc(C3COCCC3=O)n2)c(C)c1. The Hall–Kier alpha value is -2.08. The highest BCUT2D eigenvalue weighted by Crippen LogP contribution is 2.24. The minimum Gasteiger partial charge on any atom is -0.380 e. The number of aromatic nitrogens is 3. The first-order chi connectivity index (χ1) is 9.65. The molecule has 1 unspecified atom stereocenters. The van der Waals surface area contributed by atoms with Crippen LogP contribution >= 0.6 is 0 Å². The van der Waals surface area contributed by atoms with Gasteiger partial charge >= 0.3 is 0 Å². The molecule has 0 aromatic carbocycles. The molecule has 0 amide bonds. The van der Waals surface area contributed by atoms with Crippen LogP contribution < -0.4 is 0 Å². The van der Waals surface area contributed by atoms with Gasteiger partial charge in [0.25, 0.3) is 0 Å². The van der Waals surface area contributed by atoms with Crippen LogP contribution in [0.4, 0.5) is 0 Å². The molecule has 2 aromatic heterocycles. The van der Waals surface area contributed by atoms with Crippen LogP contribution in [0.1, 0.15) is 29.4 Å². The van der Waals surface area contributed by atoms with E-state index in [0.717, 1.165) is 11.1 Å². The molecule has 3 heterocycles. The molecule has 0 spiro atoms. The van der Waals surface area contributed by atoms with Crippen molar-refractivity contribution in [2.75, 3.05) is 13.2 Å². The second-order valence-electron chi connectivity index (χ2n) is 4.98. The zero-order chi connectivity index (χ0) is 14.1. The number of rotatable bonds is 2. The quantitative estimate of drug-likeness (QED) is 0.830. The van der Waals surface area contributed by atoms with Crippen LogP contribution in [0.5, 0.6) is 0 Å². The lowest BCUT2D eigenvalue weighted by atomic mass is 10.0. The summed E-state index contributed by atoms with van der Waals surface area (Å²) < 4.78 is 10.5. The summed E-state index contributed by atoms with van der Waals surface area (Å²) in [6.45, 7) is 4.69. The first-order valence-corrected chi connectivity index (χ1v) is 6.53. The summed E-state index contributed by atoms with van der Waals surface area (Å²) in [5.74, 6) is 0.359. The highest BCUT2D eigenvalue weighted by Gasteiger charge is 2.30. The largest absolute Gasteiger partial charge is 0.380 e. The number of carbonyl (C=O) groups is 1. The van der Waals surface area contributed by atoms with Crippen molar-refractivity contribution in [3.8, 4) is 11.5 Å². The molecular formula is C14H15N3O3. The summed E-state index contributed by atoms with van der Waals surface area (Å²) in [7, 11) is 0. The lowest BCUT2D eigenvalue weighted by Gasteiger charge is -2.17. The van der Waals surface area contributed by atoms with Crippen molar-refractivity contribution in [1.82, 2.24) is 15.1 Å². The maximum absolute atomic E-state index is 11.8. The standard InChI is InChI=1S/C14H15N3O3/c1-8-5-9(2)12(15-6-8)13-16-14(20-17-13)10-7-19-4-3-11(10)18/h5-6,10H,3-4,7H2,1-2H3. The van der Waals surface area contributed by atoms with Crippen molar-refractivity contribution in [3.63, 3.8) is 0 Å². The van der Waals surface area contributed by atoms with E-state index in [0.29, 0.717) is 37.0 Å². The molecule has 1 fully saturated rings. The summed E-state index contributed by atoms with van der Waals surface area (Å²) in [6, 6.07) is 2.01. The van der Waals surface area contributed by atoms with Gasteiger partial charge in [-0.15, -0.1) is 0 Å². The Balaban J connectivity index is 1.91. The number of ketones is 1. The van der Waals surface area contributed by atoms with Crippen LogP contribution in [-0.4, -0.2) is 34.1 Å². The summed E-state index contributed by atoms with van der Waals surface area (Å²) >= 11 is 0. The third-order valence-corrected chi connectivity index (χ3v) is 3.33. The maximum atomic E-state index is 11.8. The lowest BCUT2D eigenvalue weighted by Crippen LogP contribution is -2.25. The van der Waals surface area contributed by atoms with E-state index in [4.69, 9.17) is 9.26 Å². The molecule has 104 valence electrons. The van der Waals surface area contributed by atoms with Crippen LogP contribution in [-0.2, 0) is 9.53 Å². The Morgan fingerprint density at radius 1 is 1.35 bits per heavy atom. The Morgan fingerprint density at radius 3 is 2.95 bits per heavy atom. The molecule has 6 heteroatoms. The van der Waals surface area contributed by atoms with Gasteiger partial charge in [-0.25, -0.2) is 0 Å². The van der Waals surface area contributed by atoms with E-state index in [-0.39, 0.29) is 5.78 Å². The third-order valence-electron chi connectivity index (χ3n) is 3.33. The van der Waals surface area contributed by atoms with Gasteiger partial charge in [-0.1, -0.05) is 11.2 Å². The van der Waals surface area contributed by atoms with E-state index in [1.54, 1.807) is 6.20 Å². The summed E-state index contributed by atoms with van der Waals surface area (Å²) in [5.41, 5.74) is 2.73. The van der Waals surface area contributed by atoms with Crippen LogP contribution in [0.2, 0.25) is 0 Å². The molecule has 1 atom stereocenters. The van der Waals surface area contributed by atoms with Gasteiger partial charge in [-0.05, 0) is 25.0 Å². The second-order valence-corrected chi connectivity index (χ2v) is 4.98. The number of hydrogen-bond donors (Lipinski definition) is 0. The van der Waals surface area contributed by atoms with Crippen LogP contribution in [0.25, 0.3) is 11.5 Å². The number of ether oxygens (including phenoxy) is 1. The Kier molecular flexibility index (Phi) is 3.31. The molecule has 1 aliphatic heterocycles.